The molecule has 1 amide bonds. The minimum Gasteiger partial charge on any atom is -0.345 e. The van der Waals surface area contributed by atoms with Crippen LogP contribution in [0.3, 0.4) is 0 Å². The van der Waals surface area contributed by atoms with Gasteiger partial charge in [0.25, 0.3) is 5.91 Å². The number of benzene rings is 1. The maximum Gasteiger partial charge on any atom is 0.255 e. The van der Waals surface area contributed by atoms with Gasteiger partial charge >= 0.3 is 0 Å². The highest BCUT2D eigenvalue weighted by atomic mass is 32.1. The molecule has 0 aliphatic rings. The molecule has 27 heavy (non-hydrogen) atoms. The molecule has 0 aliphatic heterocycles. The normalized spacial score (nSPS) is 12.2. The first-order chi connectivity index (χ1) is 13.1. The van der Waals surface area contributed by atoms with Crippen molar-refractivity contribution < 1.29 is 9.59 Å². The third kappa shape index (κ3) is 4.20. The lowest BCUT2D eigenvalue weighted by Gasteiger charge is -2.09. The first-order valence-electron chi connectivity index (χ1n) is 8.65. The Morgan fingerprint density at radius 2 is 2.07 bits per heavy atom. The van der Waals surface area contributed by atoms with Crippen molar-refractivity contribution in [1.82, 2.24) is 4.98 Å². The fraction of sp³-hybridized carbons (Fsp3) is 0.200. The van der Waals surface area contributed by atoms with Crippen LogP contribution in [0.15, 0.2) is 47.6 Å². The van der Waals surface area contributed by atoms with E-state index in [0.717, 1.165) is 12.7 Å². The smallest absolute Gasteiger partial charge is 0.255 e. The third-order valence-electron chi connectivity index (χ3n) is 4.14. The summed E-state index contributed by atoms with van der Waals surface area (Å²) in [5.41, 5.74) is 1.76. The summed E-state index contributed by atoms with van der Waals surface area (Å²) in [7, 11) is 0. The van der Waals surface area contributed by atoms with Crippen LogP contribution in [0.4, 0.5) is 11.4 Å². The second kappa shape index (κ2) is 8.55. The van der Waals surface area contributed by atoms with Gasteiger partial charge in [-0.25, -0.2) is 4.98 Å². The van der Waals surface area contributed by atoms with Gasteiger partial charge in [-0.15, -0.1) is 11.3 Å². The number of anilines is 2. The lowest BCUT2D eigenvalue weighted by atomic mass is 10.2. The van der Waals surface area contributed by atoms with Gasteiger partial charge in [0.2, 0.25) is 0 Å². The number of rotatable bonds is 7. The SMILES string of the molecule is CCC(C)N=CNc1c(C=O)sc2nccc(NC(=O)c3ccccc3)c12. The lowest BCUT2D eigenvalue weighted by molar-refractivity contribution is 0.102. The van der Waals surface area contributed by atoms with E-state index < -0.39 is 0 Å². The fourth-order valence-electron chi connectivity index (χ4n) is 2.49. The number of nitrogens with zero attached hydrogens (tertiary/aromatic N) is 2. The van der Waals surface area contributed by atoms with E-state index in [4.69, 9.17) is 0 Å². The molecule has 2 N–H and O–H groups in total. The zero-order valence-electron chi connectivity index (χ0n) is 15.1. The summed E-state index contributed by atoms with van der Waals surface area (Å²) in [5, 5.41) is 6.72. The number of hydrogen-bond acceptors (Lipinski definition) is 5. The van der Waals surface area contributed by atoms with Gasteiger partial charge in [-0.1, -0.05) is 25.1 Å². The zero-order chi connectivity index (χ0) is 19.2. The highest BCUT2D eigenvalue weighted by Crippen LogP contribution is 2.38. The maximum atomic E-state index is 12.5. The van der Waals surface area contributed by atoms with Gasteiger partial charge in [0.15, 0.2) is 6.29 Å². The molecule has 2 aromatic heterocycles. The van der Waals surface area contributed by atoms with Crippen LogP contribution in [0.2, 0.25) is 0 Å². The Bertz CT molecular complexity index is 982. The van der Waals surface area contributed by atoms with Gasteiger partial charge < -0.3 is 10.6 Å². The zero-order valence-corrected chi connectivity index (χ0v) is 15.9. The molecule has 0 fully saturated rings. The molecule has 1 aromatic carbocycles. The number of hydrogen-bond donors (Lipinski definition) is 2. The van der Waals surface area contributed by atoms with Crippen LogP contribution in [0.5, 0.6) is 0 Å². The van der Waals surface area contributed by atoms with Crippen molar-refractivity contribution in [2.45, 2.75) is 26.3 Å². The van der Waals surface area contributed by atoms with Crippen LogP contribution in [-0.4, -0.2) is 29.6 Å². The Morgan fingerprint density at radius 3 is 2.78 bits per heavy atom. The quantitative estimate of drug-likeness (QED) is 0.356. The van der Waals surface area contributed by atoms with Crippen LogP contribution in [0.1, 0.15) is 40.3 Å². The number of amides is 1. The second-order valence-corrected chi connectivity index (χ2v) is 7.03. The molecular formula is C20H20N4O2S. The molecule has 138 valence electrons. The van der Waals surface area contributed by atoms with E-state index >= 15 is 0 Å². The number of aldehydes is 1. The Kier molecular flexibility index (Phi) is 5.93. The number of pyridine rings is 1. The minimum absolute atomic E-state index is 0.178. The van der Waals surface area contributed by atoms with Crippen molar-refractivity contribution in [3.05, 3.63) is 53.0 Å². The minimum atomic E-state index is -0.221. The largest absolute Gasteiger partial charge is 0.345 e. The number of carbonyl (C=O) groups is 2. The average molecular weight is 380 g/mol. The predicted octanol–water partition coefficient (Wildman–Crippen LogP) is 4.60. The number of thiophene rings is 1. The first kappa shape index (κ1) is 18.7. The molecule has 0 spiro atoms. The van der Waals surface area contributed by atoms with Gasteiger partial charge in [0.1, 0.15) is 4.83 Å². The molecule has 6 nitrogen and oxygen atoms in total. The van der Waals surface area contributed by atoms with E-state index in [9.17, 15) is 9.59 Å². The number of fused-ring (bicyclic) bond motifs is 1. The van der Waals surface area contributed by atoms with Crippen LogP contribution in [-0.2, 0) is 0 Å². The summed E-state index contributed by atoms with van der Waals surface area (Å²) in [6.45, 7) is 4.07. The molecule has 0 saturated carbocycles. The highest BCUT2D eigenvalue weighted by Gasteiger charge is 2.17. The summed E-state index contributed by atoms with van der Waals surface area (Å²) in [4.78, 5) is 34.0. The Labute approximate surface area is 161 Å². The van der Waals surface area contributed by atoms with Crippen LogP contribution in [0.25, 0.3) is 10.2 Å². The predicted molar refractivity (Wildman–Crippen MR) is 111 cm³/mol. The molecule has 0 bridgehead atoms. The van der Waals surface area contributed by atoms with Gasteiger partial charge in [0, 0.05) is 17.8 Å². The standard InChI is InChI=1S/C20H20N4O2S/c1-3-13(2)22-12-23-18-16(11-25)27-20-17(18)15(9-10-21-20)24-19(26)14-7-5-4-6-8-14/h4-13H,3H2,1-2H3,(H,22,23)(H,21,24,26). The van der Waals surface area contributed by atoms with Gasteiger partial charge in [-0.3, -0.25) is 14.6 Å². The highest BCUT2D eigenvalue weighted by molar-refractivity contribution is 7.21. The molecule has 7 heteroatoms. The van der Waals surface area contributed by atoms with Gasteiger partial charge in [0.05, 0.1) is 28.0 Å². The molecule has 0 saturated heterocycles. The van der Waals surface area contributed by atoms with Gasteiger partial charge in [-0.2, -0.15) is 0 Å². The van der Waals surface area contributed by atoms with Crippen molar-refractivity contribution in [2.75, 3.05) is 10.6 Å². The summed E-state index contributed by atoms with van der Waals surface area (Å²) in [6, 6.07) is 10.9. The van der Waals surface area contributed by atoms with Crippen molar-refractivity contribution >= 4 is 51.5 Å². The molecule has 2 heterocycles. The van der Waals surface area contributed by atoms with E-state index in [2.05, 4.69) is 27.5 Å². The summed E-state index contributed by atoms with van der Waals surface area (Å²) < 4.78 is 0. The summed E-state index contributed by atoms with van der Waals surface area (Å²) in [6.07, 6.45) is 4.92. The molecule has 0 aliphatic carbocycles. The average Bonchev–Trinajstić information content (AvgIpc) is 3.07. The van der Waals surface area contributed by atoms with E-state index in [1.807, 2.05) is 25.1 Å². The number of carbonyl (C=O) groups excluding carboxylic acids is 2. The molecule has 3 aromatic rings. The molecule has 3 rings (SSSR count). The monoisotopic (exact) mass is 380 g/mol. The summed E-state index contributed by atoms with van der Waals surface area (Å²) >= 11 is 1.27. The van der Waals surface area contributed by atoms with E-state index in [0.29, 0.717) is 32.0 Å². The Balaban J connectivity index is 1.98. The second-order valence-electron chi connectivity index (χ2n) is 6.00. The van der Waals surface area contributed by atoms with E-state index in [1.54, 1.807) is 30.7 Å². The molecule has 0 radical (unpaired) electrons. The fourth-order valence-corrected chi connectivity index (χ4v) is 3.44. The third-order valence-corrected chi connectivity index (χ3v) is 5.16. The lowest BCUT2D eigenvalue weighted by Crippen LogP contribution is -2.12. The Hall–Kier alpha value is -3.06. The van der Waals surface area contributed by atoms with Crippen LogP contribution >= 0.6 is 11.3 Å². The van der Waals surface area contributed by atoms with Crippen LogP contribution in [0, 0.1) is 0 Å². The number of aliphatic imine (C=N–C) groups is 1. The van der Waals surface area contributed by atoms with Crippen LogP contribution < -0.4 is 10.6 Å². The van der Waals surface area contributed by atoms with Crippen molar-refractivity contribution in [1.29, 1.82) is 0 Å². The van der Waals surface area contributed by atoms with Crippen molar-refractivity contribution in [3.63, 3.8) is 0 Å². The Morgan fingerprint density at radius 1 is 1.30 bits per heavy atom. The number of aromatic nitrogens is 1. The summed E-state index contributed by atoms with van der Waals surface area (Å²) in [5.74, 6) is -0.221. The molecule has 1 unspecified atom stereocenters. The first-order valence-corrected chi connectivity index (χ1v) is 9.47. The molecular weight excluding hydrogens is 360 g/mol. The van der Waals surface area contributed by atoms with Crippen molar-refractivity contribution in [3.8, 4) is 0 Å². The number of nitrogens with one attached hydrogen (secondary N) is 2. The topological polar surface area (TPSA) is 83.4 Å². The van der Waals surface area contributed by atoms with E-state index in [1.165, 1.54) is 11.3 Å². The maximum absolute atomic E-state index is 12.5. The molecule has 1 atom stereocenters. The van der Waals surface area contributed by atoms with Crippen molar-refractivity contribution in [2.24, 2.45) is 4.99 Å². The van der Waals surface area contributed by atoms with E-state index in [-0.39, 0.29) is 11.9 Å². The van der Waals surface area contributed by atoms with Gasteiger partial charge in [-0.05, 0) is 31.5 Å².